The van der Waals surface area contributed by atoms with E-state index >= 15 is 0 Å². The predicted molar refractivity (Wildman–Crippen MR) is 66.7 cm³/mol. The van der Waals surface area contributed by atoms with Crippen LogP contribution in [0.5, 0.6) is 0 Å². The van der Waals surface area contributed by atoms with Crippen molar-refractivity contribution < 1.29 is 4.79 Å². The molecule has 1 atom stereocenters. The van der Waals surface area contributed by atoms with Crippen molar-refractivity contribution in [3.63, 3.8) is 0 Å². The van der Waals surface area contributed by atoms with Crippen molar-refractivity contribution in [2.24, 2.45) is 5.92 Å². The van der Waals surface area contributed by atoms with Gasteiger partial charge in [-0.25, -0.2) is 0 Å². The van der Waals surface area contributed by atoms with E-state index in [0.29, 0.717) is 5.78 Å². The number of ketones is 1. The lowest BCUT2D eigenvalue weighted by molar-refractivity contribution is 0.0907. The molecular formula is C15H20O. The second-order valence-corrected chi connectivity index (χ2v) is 4.75. The van der Waals surface area contributed by atoms with Gasteiger partial charge in [0.25, 0.3) is 0 Å². The summed E-state index contributed by atoms with van der Waals surface area (Å²) in [5.74, 6) is 0.671. The third-order valence-corrected chi connectivity index (χ3v) is 3.56. The van der Waals surface area contributed by atoms with Gasteiger partial charge in [-0.1, -0.05) is 44.0 Å². The first-order chi connectivity index (χ1) is 7.83. The molecular weight excluding hydrogens is 196 g/mol. The molecule has 1 aromatic carbocycles. The van der Waals surface area contributed by atoms with Gasteiger partial charge in [0, 0.05) is 11.5 Å². The smallest absolute Gasteiger partial charge is 0.166 e. The molecule has 1 heteroatoms. The average molecular weight is 216 g/mol. The van der Waals surface area contributed by atoms with Crippen LogP contribution in [0.15, 0.2) is 24.3 Å². The van der Waals surface area contributed by atoms with Gasteiger partial charge in [0.2, 0.25) is 0 Å². The van der Waals surface area contributed by atoms with Crippen LogP contribution in [-0.2, 0) is 6.42 Å². The summed E-state index contributed by atoms with van der Waals surface area (Å²) in [7, 11) is 0. The fourth-order valence-corrected chi connectivity index (χ4v) is 2.59. The summed E-state index contributed by atoms with van der Waals surface area (Å²) in [6.45, 7) is 2.19. The second kappa shape index (κ2) is 5.29. The van der Waals surface area contributed by atoms with E-state index in [1.165, 1.54) is 18.4 Å². The van der Waals surface area contributed by atoms with E-state index in [9.17, 15) is 4.79 Å². The Morgan fingerprint density at radius 3 is 2.94 bits per heavy atom. The van der Waals surface area contributed by atoms with E-state index in [0.717, 1.165) is 31.2 Å². The molecule has 0 fully saturated rings. The average Bonchev–Trinajstić information content (AvgIpc) is 2.47. The first-order valence-electron chi connectivity index (χ1n) is 6.45. The molecule has 0 aliphatic heterocycles. The van der Waals surface area contributed by atoms with Crippen molar-refractivity contribution in [3.05, 3.63) is 35.4 Å². The highest BCUT2D eigenvalue weighted by atomic mass is 16.1. The number of benzene rings is 1. The van der Waals surface area contributed by atoms with Crippen molar-refractivity contribution in [1.29, 1.82) is 0 Å². The number of Topliss-reactive ketones (excluding diaryl/α,β-unsaturated/α-hetero) is 1. The molecule has 0 N–H and O–H groups in total. The number of hydrogen-bond donors (Lipinski definition) is 0. The largest absolute Gasteiger partial charge is 0.294 e. The van der Waals surface area contributed by atoms with Crippen molar-refractivity contribution in [2.75, 3.05) is 0 Å². The molecule has 1 unspecified atom stereocenters. The fourth-order valence-electron chi connectivity index (χ4n) is 2.59. The molecule has 1 aromatic rings. The molecule has 86 valence electrons. The molecule has 0 heterocycles. The number of aryl methyl sites for hydroxylation is 1. The Morgan fingerprint density at radius 2 is 2.12 bits per heavy atom. The van der Waals surface area contributed by atoms with E-state index in [1.54, 1.807) is 0 Å². The van der Waals surface area contributed by atoms with Gasteiger partial charge in [0.1, 0.15) is 0 Å². The van der Waals surface area contributed by atoms with Gasteiger partial charge in [-0.3, -0.25) is 4.79 Å². The van der Waals surface area contributed by atoms with Crippen LogP contribution in [0.25, 0.3) is 0 Å². The Kier molecular flexibility index (Phi) is 3.76. The SMILES string of the molecule is CCCCC1CCCc2ccccc2C1=O. The molecule has 0 bridgehead atoms. The zero-order valence-corrected chi connectivity index (χ0v) is 10.0. The molecule has 0 amide bonds. The van der Waals surface area contributed by atoms with Gasteiger partial charge in [0.15, 0.2) is 5.78 Å². The maximum Gasteiger partial charge on any atom is 0.166 e. The van der Waals surface area contributed by atoms with Crippen molar-refractivity contribution in [2.45, 2.75) is 45.4 Å². The Bertz CT molecular complexity index is 365. The molecule has 0 saturated heterocycles. The summed E-state index contributed by atoms with van der Waals surface area (Å²) >= 11 is 0. The van der Waals surface area contributed by atoms with Gasteiger partial charge in [-0.15, -0.1) is 0 Å². The highest BCUT2D eigenvalue weighted by Crippen LogP contribution is 2.27. The standard InChI is InChI=1S/C15H20O/c1-2-3-7-13-10-6-9-12-8-4-5-11-14(12)15(13)16/h4-5,8,11,13H,2-3,6-7,9-10H2,1H3. The molecule has 16 heavy (non-hydrogen) atoms. The van der Waals surface area contributed by atoms with Crippen LogP contribution >= 0.6 is 0 Å². The Labute approximate surface area is 97.9 Å². The summed E-state index contributed by atoms with van der Waals surface area (Å²) in [6, 6.07) is 8.13. The minimum Gasteiger partial charge on any atom is -0.294 e. The summed E-state index contributed by atoms with van der Waals surface area (Å²) in [5.41, 5.74) is 2.24. The quantitative estimate of drug-likeness (QED) is 0.698. The minimum absolute atomic E-state index is 0.281. The summed E-state index contributed by atoms with van der Waals surface area (Å²) in [4.78, 5) is 12.3. The van der Waals surface area contributed by atoms with E-state index < -0.39 is 0 Å². The molecule has 1 nitrogen and oxygen atoms in total. The first-order valence-corrected chi connectivity index (χ1v) is 6.45. The lowest BCUT2D eigenvalue weighted by atomic mass is 9.91. The zero-order valence-electron chi connectivity index (χ0n) is 10.0. The van der Waals surface area contributed by atoms with Gasteiger partial charge in [-0.05, 0) is 31.2 Å². The van der Waals surface area contributed by atoms with Crippen molar-refractivity contribution in [3.8, 4) is 0 Å². The molecule has 0 radical (unpaired) electrons. The molecule has 1 aliphatic rings. The lowest BCUT2D eigenvalue weighted by Crippen LogP contribution is -2.13. The highest BCUT2D eigenvalue weighted by molar-refractivity contribution is 5.99. The summed E-state index contributed by atoms with van der Waals surface area (Å²) < 4.78 is 0. The highest BCUT2D eigenvalue weighted by Gasteiger charge is 2.24. The predicted octanol–water partition coefficient (Wildman–Crippen LogP) is 4.01. The number of fused-ring (bicyclic) bond motifs is 1. The third kappa shape index (κ3) is 2.34. The van der Waals surface area contributed by atoms with Crippen LogP contribution in [0.2, 0.25) is 0 Å². The molecule has 1 aliphatic carbocycles. The summed E-state index contributed by atoms with van der Waals surface area (Å²) in [6.07, 6.45) is 6.75. The van der Waals surface area contributed by atoms with E-state index in [2.05, 4.69) is 13.0 Å². The molecule has 2 rings (SSSR count). The third-order valence-electron chi connectivity index (χ3n) is 3.56. The lowest BCUT2D eigenvalue weighted by Gasteiger charge is -2.12. The number of carbonyl (C=O) groups is 1. The van der Waals surface area contributed by atoms with Gasteiger partial charge >= 0.3 is 0 Å². The number of carbonyl (C=O) groups excluding carboxylic acids is 1. The van der Waals surface area contributed by atoms with Gasteiger partial charge in [0.05, 0.1) is 0 Å². The molecule has 0 aromatic heterocycles. The maximum absolute atomic E-state index is 12.3. The Balaban J connectivity index is 2.20. The monoisotopic (exact) mass is 216 g/mol. The van der Waals surface area contributed by atoms with Crippen LogP contribution in [0.1, 0.15) is 54.9 Å². The summed E-state index contributed by atoms with van der Waals surface area (Å²) in [5, 5.41) is 0. The fraction of sp³-hybridized carbons (Fsp3) is 0.533. The molecule has 0 spiro atoms. The Morgan fingerprint density at radius 1 is 1.31 bits per heavy atom. The van der Waals surface area contributed by atoms with Crippen molar-refractivity contribution >= 4 is 5.78 Å². The maximum atomic E-state index is 12.3. The number of hydrogen-bond acceptors (Lipinski definition) is 1. The molecule has 0 saturated carbocycles. The number of rotatable bonds is 3. The van der Waals surface area contributed by atoms with Crippen LogP contribution in [0.3, 0.4) is 0 Å². The van der Waals surface area contributed by atoms with Crippen LogP contribution in [-0.4, -0.2) is 5.78 Å². The topological polar surface area (TPSA) is 17.1 Å². The van der Waals surface area contributed by atoms with E-state index in [4.69, 9.17) is 0 Å². The van der Waals surface area contributed by atoms with Crippen molar-refractivity contribution in [1.82, 2.24) is 0 Å². The van der Waals surface area contributed by atoms with Crippen LogP contribution in [0, 0.1) is 5.92 Å². The van der Waals surface area contributed by atoms with Crippen LogP contribution < -0.4 is 0 Å². The minimum atomic E-state index is 0.281. The normalized spacial score (nSPS) is 20.3. The number of unbranched alkanes of at least 4 members (excludes halogenated alkanes) is 1. The second-order valence-electron chi connectivity index (χ2n) is 4.75. The van der Waals surface area contributed by atoms with E-state index in [-0.39, 0.29) is 5.92 Å². The van der Waals surface area contributed by atoms with Gasteiger partial charge in [-0.2, -0.15) is 0 Å². The van der Waals surface area contributed by atoms with E-state index in [1.807, 2.05) is 18.2 Å². The van der Waals surface area contributed by atoms with Crippen LogP contribution in [0.4, 0.5) is 0 Å². The zero-order chi connectivity index (χ0) is 11.4. The van der Waals surface area contributed by atoms with Gasteiger partial charge < -0.3 is 0 Å². The first kappa shape index (κ1) is 11.4. The Hall–Kier alpha value is -1.11.